The average molecular weight is 408 g/mol. The summed E-state index contributed by atoms with van der Waals surface area (Å²) in [6.07, 6.45) is -4.93. The minimum Gasteiger partial charge on any atom is -0.465 e. The number of carboxylic acid groups (broad SMARTS) is 1. The molecular weight excluding hydrogens is 389 g/mol. The number of amides is 1. The van der Waals surface area contributed by atoms with E-state index in [4.69, 9.17) is 15.1 Å². The SMILES string of the molecule is CO[C@H]1CC[C@H](S(=O)(=O)c2ccccc2C(F)(F)F)C1.N#CCNC(=O)O. The third kappa shape index (κ3) is 6.41. The van der Waals surface area contributed by atoms with E-state index in [1.165, 1.54) is 19.2 Å². The number of hydrogen-bond donors (Lipinski definition) is 2. The van der Waals surface area contributed by atoms with Crippen LogP contribution in [0.2, 0.25) is 0 Å². The first-order valence-electron chi connectivity index (χ1n) is 7.80. The van der Waals surface area contributed by atoms with Gasteiger partial charge in [-0.05, 0) is 31.4 Å². The van der Waals surface area contributed by atoms with E-state index in [2.05, 4.69) is 0 Å². The van der Waals surface area contributed by atoms with E-state index < -0.39 is 37.8 Å². The number of nitrogens with one attached hydrogen (secondary N) is 1. The Morgan fingerprint density at radius 3 is 2.44 bits per heavy atom. The number of benzene rings is 1. The van der Waals surface area contributed by atoms with E-state index in [1.807, 2.05) is 5.32 Å². The van der Waals surface area contributed by atoms with Gasteiger partial charge in [0.2, 0.25) is 0 Å². The summed E-state index contributed by atoms with van der Waals surface area (Å²) >= 11 is 0. The third-order valence-corrected chi connectivity index (χ3v) is 6.20. The van der Waals surface area contributed by atoms with Crippen LogP contribution in [0.3, 0.4) is 0 Å². The molecule has 0 heterocycles. The lowest BCUT2D eigenvalue weighted by Gasteiger charge is -2.17. The van der Waals surface area contributed by atoms with Crippen molar-refractivity contribution in [2.45, 2.75) is 41.7 Å². The van der Waals surface area contributed by atoms with Gasteiger partial charge in [-0.25, -0.2) is 13.2 Å². The number of methoxy groups -OCH3 is 1. The van der Waals surface area contributed by atoms with E-state index in [0.717, 1.165) is 12.1 Å². The number of sulfone groups is 1. The van der Waals surface area contributed by atoms with E-state index in [-0.39, 0.29) is 19.1 Å². The van der Waals surface area contributed by atoms with Crippen molar-refractivity contribution in [3.63, 3.8) is 0 Å². The van der Waals surface area contributed by atoms with Gasteiger partial charge < -0.3 is 15.2 Å². The van der Waals surface area contributed by atoms with Crippen LogP contribution in [0.15, 0.2) is 29.2 Å². The van der Waals surface area contributed by atoms with Crippen molar-refractivity contribution in [3.05, 3.63) is 29.8 Å². The Balaban J connectivity index is 0.000000445. The minimum absolute atomic E-state index is 0.144. The molecule has 0 bridgehead atoms. The normalized spacial score (nSPS) is 19.5. The first kappa shape index (κ1) is 22.7. The van der Waals surface area contributed by atoms with Gasteiger partial charge in [0.25, 0.3) is 0 Å². The highest BCUT2D eigenvalue weighted by Crippen LogP contribution is 2.38. The van der Waals surface area contributed by atoms with Gasteiger partial charge in [-0.1, -0.05) is 12.1 Å². The Labute approximate surface area is 154 Å². The molecule has 1 aromatic carbocycles. The molecule has 0 aromatic heterocycles. The molecule has 0 radical (unpaired) electrons. The van der Waals surface area contributed by atoms with Crippen LogP contribution in [0.4, 0.5) is 18.0 Å². The van der Waals surface area contributed by atoms with Gasteiger partial charge in [0.05, 0.1) is 27.9 Å². The van der Waals surface area contributed by atoms with Crippen molar-refractivity contribution in [1.82, 2.24) is 5.32 Å². The lowest BCUT2D eigenvalue weighted by Crippen LogP contribution is -2.23. The molecule has 0 aliphatic heterocycles. The smallest absolute Gasteiger partial charge is 0.417 e. The Hall–Kier alpha value is -2.32. The monoisotopic (exact) mass is 408 g/mol. The van der Waals surface area contributed by atoms with E-state index >= 15 is 0 Å². The molecule has 1 aliphatic rings. The second kappa shape index (κ2) is 9.57. The minimum atomic E-state index is -4.68. The second-order valence-electron chi connectivity index (χ2n) is 5.65. The van der Waals surface area contributed by atoms with Gasteiger partial charge in [-0.15, -0.1) is 0 Å². The summed E-state index contributed by atoms with van der Waals surface area (Å²) in [7, 11) is -2.52. The van der Waals surface area contributed by atoms with Gasteiger partial charge in [0, 0.05) is 7.11 Å². The second-order valence-corrected chi connectivity index (χ2v) is 7.85. The molecular formula is C16H19F3N2O5S. The average Bonchev–Trinajstić information content (AvgIpc) is 3.10. The van der Waals surface area contributed by atoms with Gasteiger partial charge in [-0.3, -0.25) is 0 Å². The first-order chi connectivity index (χ1) is 12.5. The molecule has 150 valence electrons. The van der Waals surface area contributed by atoms with Gasteiger partial charge >= 0.3 is 12.3 Å². The molecule has 27 heavy (non-hydrogen) atoms. The molecule has 11 heteroatoms. The predicted molar refractivity (Wildman–Crippen MR) is 88.7 cm³/mol. The van der Waals surface area contributed by atoms with Crippen molar-refractivity contribution in [3.8, 4) is 6.07 Å². The van der Waals surface area contributed by atoms with Crippen LogP contribution in [-0.4, -0.2) is 44.6 Å². The molecule has 1 aliphatic carbocycles. The maximum absolute atomic E-state index is 12.9. The molecule has 1 amide bonds. The van der Waals surface area contributed by atoms with Crippen LogP contribution in [-0.2, 0) is 20.8 Å². The third-order valence-electron chi connectivity index (χ3n) is 3.93. The van der Waals surface area contributed by atoms with Gasteiger partial charge in [-0.2, -0.15) is 18.4 Å². The first-order valence-corrected chi connectivity index (χ1v) is 9.35. The number of ether oxygens (including phenoxy) is 1. The number of halogens is 3. The molecule has 1 saturated carbocycles. The summed E-state index contributed by atoms with van der Waals surface area (Å²) in [4.78, 5) is 8.87. The number of hydrogen-bond acceptors (Lipinski definition) is 5. The molecule has 0 unspecified atom stereocenters. The van der Waals surface area contributed by atoms with E-state index in [0.29, 0.717) is 12.8 Å². The van der Waals surface area contributed by atoms with Crippen LogP contribution in [0, 0.1) is 11.3 Å². The van der Waals surface area contributed by atoms with Crippen molar-refractivity contribution in [2.75, 3.05) is 13.7 Å². The zero-order chi connectivity index (χ0) is 20.7. The largest absolute Gasteiger partial charge is 0.465 e. The van der Waals surface area contributed by atoms with Gasteiger partial charge in [0.1, 0.15) is 6.54 Å². The van der Waals surface area contributed by atoms with Crippen LogP contribution >= 0.6 is 0 Å². The fourth-order valence-electron chi connectivity index (χ4n) is 2.64. The Kier molecular flexibility index (Phi) is 8.05. The summed E-state index contributed by atoms with van der Waals surface area (Å²) in [5.41, 5.74) is -1.10. The Morgan fingerprint density at radius 2 is 2.00 bits per heavy atom. The number of nitriles is 1. The molecule has 0 spiro atoms. The zero-order valence-corrected chi connectivity index (χ0v) is 15.2. The van der Waals surface area contributed by atoms with Crippen molar-refractivity contribution in [2.24, 2.45) is 0 Å². The summed E-state index contributed by atoms with van der Waals surface area (Å²) < 4.78 is 68.7. The zero-order valence-electron chi connectivity index (χ0n) is 14.4. The molecule has 2 N–H and O–H groups in total. The van der Waals surface area contributed by atoms with Crippen molar-refractivity contribution >= 4 is 15.9 Å². The van der Waals surface area contributed by atoms with Crippen molar-refractivity contribution in [1.29, 1.82) is 5.26 Å². The molecule has 2 atom stereocenters. The standard InChI is InChI=1S/C13H15F3O3S.C3H4N2O2/c1-19-9-6-7-10(8-9)20(17,18)12-5-3-2-4-11(12)13(14,15)16;4-1-2-5-3(6)7/h2-5,9-10H,6-8H2,1H3;5H,2H2,(H,6,7)/t9-,10-;/m0./s1. The summed E-state index contributed by atoms with van der Waals surface area (Å²) in [5.74, 6) is 0. The number of alkyl halides is 3. The maximum Gasteiger partial charge on any atom is 0.417 e. The summed E-state index contributed by atoms with van der Waals surface area (Å²) in [6, 6.07) is 5.93. The molecule has 0 saturated heterocycles. The van der Waals surface area contributed by atoms with Crippen molar-refractivity contribution < 1.29 is 36.2 Å². The van der Waals surface area contributed by atoms with Crippen LogP contribution < -0.4 is 5.32 Å². The number of rotatable bonds is 4. The lowest BCUT2D eigenvalue weighted by molar-refractivity contribution is -0.139. The molecule has 1 aromatic rings. The summed E-state index contributed by atoms with van der Waals surface area (Å²) in [5, 5.41) is 16.6. The van der Waals surface area contributed by atoms with E-state index in [1.54, 1.807) is 6.07 Å². The maximum atomic E-state index is 12.9. The number of carbonyl (C=O) groups is 1. The molecule has 7 nitrogen and oxygen atoms in total. The van der Waals surface area contributed by atoms with Crippen LogP contribution in [0.1, 0.15) is 24.8 Å². The van der Waals surface area contributed by atoms with Gasteiger partial charge in [0.15, 0.2) is 9.84 Å². The topological polar surface area (TPSA) is 116 Å². The number of nitrogens with zero attached hydrogens (tertiary/aromatic N) is 1. The predicted octanol–water partition coefficient (Wildman–Crippen LogP) is 2.82. The fourth-order valence-corrected chi connectivity index (χ4v) is 4.67. The Morgan fingerprint density at radius 1 is 1.37 bits per heavy atom. The lowest BCUT2D eigenvalue weighted by atomic mass is 10.2. The van der Waals surface area contributed by atoms with Crippen LogP contribution in [0.25, 0.3) is 0 Å². The summed E-state index contributed by atoms with van der Waals surface area (Å²) in [6.45, 7) is -0.144. The quantitative estimate of drug-likeness (QED) is 0.740. The highest BCUT2D eigenvalue weighted by atomic mass is 32.2. The fraction of sp³-hybridized carbons (Fsp3) is 0.500. The highest BCUT2D eigenvalue weighted by molar-refractivity contribution is 7.92. The van der Waals surface area contributed by atoms with E-state index in [9.17, 15) is 26.4 Å². The van der Waals surface area contributed by atoms with Crippen LogP contribution in [0.5, 0.6) is 0 Å². The Bertz CT molecular complexity index is 790. The molecule has 1 fully saturated rings. The highest BCUT2D eigenvalue weighted by Gasteiger charge is 2.41. The molecule has 2 rings (SSSR count).